The van der Waals surface area contributed by atoms with Crippen LogP contribution in [0.1, 0.15) is 27.5 Å². The maximum Gasteiger partial charge on any atom is 0.435 e. The van der Waals surface area contributed by atoms with Gasteiger partial charge in [0.15, 0.2) is 5.69 Å². The fourth-order valence-corrected chi connectivity index (χ4v) is 2.80. The Hall–Kier alpha value is -2.97. The summed E-state index contributed by atoms with van der Waals surface area (Å²) < 4.78 is 67.6. The van der Waals surface area contributed by atoms with E-state index in [1.165, 1.54) is 13.1 Å². The van der Waals surface area contributed by atoms with Crippen molar-refractivity contribution < 1.29 is 26.7 Å². The van der Waals surface area contributed by atoms with E-state index in [0.717, 1.165) is 10.9 Å². The van der Waals surface area contributed by atoms with Crippen LogP contribution in [0.3, 0.4) is 0 Å². The van der Waals surface area contributed by atoms with E-state index in [2.05, 4.69) is 10.4 Å². The molecule has 0 saturated carbocycles. The Balaban J connectivity index is 1.95. The van der Waals surface area contributed by atoms with Gasteiger partial charge in [-0.25, -0.2) is 0 Å². The smallest absolute Gasteiger partial charge is 0.325 e. The van der Waals surface area contributed by atoms with Gasteiger partial charge < -0.3 is 5.32 Å². The predicted molar refractivity (Wildman–Crippen MR) is 87.0 cm³/mol. The van der Waals surface area contributed by atoms with Gasteiger partial charge in [-0.3, -0.25) is 9.48 Å². The first-order valence-corrected chi connectivity index (χ1v) is 7.84. The summed E-state index contributed by atoms with van der Waals surface area (Å²) >= 11 is 0. The number of benzene rings is 1. The monoisotopic (exact) mass is 383 g/mol. The van der Waals surface area contributed by atoms with Crippen LogP contribution in [0.5, 0.6) is 0 Å². The van der Waals surface area contributed by atoms with Gasteiger partial charge in [0.1, 0.15) is 0 Å². The van der Waals surface area contributed by atoms with Crippen LogP contribution in [-0.4, -0.2) is 21.6 Å². The Morgan fingerprint density at radius 1 is 1.22 bits per heavy atom. The Morgan fingerprint density at radius 2 is 1.89 bits per heavy atom. The second kappa shape index (κ2) is 6.64. The lowest BCUT2D eigenvalue weighted by Gasteiger charge is -2.24. The molecule has 0 spiro atoms. The minimum atomic E-state index is -4.85. The molecule has 27 heavy (non-hydrogen) atoms. The fraction of sp³-hybridized carbons (Fsp3) is 0.222. The molecule has 1 heterocycles. The van der Waals surface area contributed by atoms with Crippen LogP contribution in [0.2, 0.25) is 0 Å². The molecule has 0 radical (unpaired) electrons. The third-order valence-corrected chi connectivity index (χ3v) is 3.95. The lowest BCUT2D eigenvalue weighted by Crippen LogP contribution is -2.31. The molecule has 1 aliphatic rings. The quantitative estimate of drug-likeness (QED) is 0.642. The topological polar surface area (TPSA) is 46.9 Å². The average molecular weight is 383 g/mol. The molecule has 9 heteroatoms. The molecule has 0 bridgehead atoms. The second-order valence-electron chi connectivity index (χ2n) is 6.04. The number of amides is 1. The van der Waals surface area contributed by atoms with Crippen LogP contribution in [0, 0.1) is 0 Å². The molecule has 0 aliphatic heterocycles. The molecule has 1 amide bonds. The first-order valence-electron chi connectivity index (χ1n) is 7.84. The Kier molecular flexibility index (Phi) is 4.63. The van der Waals surface area contributed by atoms with Gasteiger partial charge in [-0.2, -0.15) is 27.1 Å². The summed E-state index contributed by atoms with van der Waals surface area (Å²) in [7, 11) is 1.23. The Morgan fingerprint density at radius 3 is 2.52 bits per heavy atom. The molecular weight excluding hydrogens is 369 g/mol. The number of allylic oxidation sites excluding steroid dienone is 3. The predicted octanol–water partition coefficient (Wildman–Crippen LogP) is 4.04. The minimum absolute atomic E-state index is 0.198. The maximum absolute atomic E-state index is 13.8. The Bertz CT molecular complexity index is 913. The highest BCUT2D eigenvalue weighted by Crippen LogP contribution is 2.35. The van der Waals surface area contributed by atoms with Gasteiger partial charge in [-0.1, -0.05) is 36.4 Å². The van der Waals surface area contributed by atoms with Gasteiger partial charge in [-0.15, -0.1) is 0 Å². The van der Waals surface area contributed by atoms with Crippen LogP contribution in [0.25, 0.3) is 0 Å². The largest absolute Gasteiger partial charge is 0.435 e. The SMILES string of the molecule is Cn1cc(C(=O)NC2=CC(F)(F)C=CC2c2ccccc2)c(C(F)(F)F)n1. The number of nitrogens with one attached hydrogen (secondary N) is 1. The van der Waals surface area contributed by atoms with Gasteiger partial charge in [-0.05, 0) is 11.6 Å². The van der Waals surface area contributed by atoms with Gasteiger partial charge in [0, 0.05) is 30.9 Å². The molecule has 142 valence electrons. The van der Waals surface area contributed by atoms with Crippen LogP contribution in [-0.2, 0) is 13.2 Å². The first-order chi connectivity index (χ1) is 12.6. The van der Waals surface area contributed by atoms with Crippen molar-refractivity contribution in [3.8, 4) is 0 Å². The molecule has 0 fully saturated rings. The van der Waals surface area contributed by atoms with Crippen molar-refractivity contribution in [2.75, 3.05) is 0 Å². The molecule has 1 aromatic carbocycles. The van der Waals surface area contributed by atoms with Crippen LogP contribution in [0.15, 0.2) is 60.5 Å². The van der Waals surface area contributed by atoms with Gasteiger partial charge in [0.25, 0.3) is 11.8 Å². The van der Waals surface area contributed by atoms with Crippen molar-refractivity contribution in [3.05, 3.63) is 77.3 Å². The summed E-state index contributed by atoms with van der Waals surface area (Å²) in [5, 5.41) is 5.45. The highest BCUT2D eigenvalue weighted by atomic mass is 19.4. The molecule has 1 N–H and O–H groups in total. The highest BCUT2D eigenvalue weighted by molar-refractivity contribution is 5.96. The van der Waals surface area contributed by atoms with Crippen LogP contribution in [0.4, 0.5) is 22.0 Å². The van der Waals surface area contributed by atoms with Crippen molar-refractivity contribution >= 4 is 5.91 Å². The minimum Gasteiger partial charge on any atom is -0.325 e. The molecule has 1 aromatic heterocycles. The number of hydrogen-bond acceptors (Lipinski definition) is 2. The van der Waals surface area contributed by atoms with Gasteiger partial charge in [0.05, 0.1) is 5.56 Å². The van der Waals surface area contributed by atoms with E-state index < -0.39 is 35.2 Å². The number of aryl methyl sites for hydroxylation is 1. The summed E-state index contributed by atoms with van der Waals surface area (Å²) in [5.41, 5.74) is -1.71. The number of carbonyl (C=O) groups is 1. The van der Waals surface area contributed by atoms with E-state index >= 15 is 0 Å². The standard InChI is InChI=1S/C18H14F5N3O/c1-26-10-13(15(25-26)18(21,22)23)16(27)24-14-9-17(19,20)8-7-12(14)11-5-3-2-4-6-11/h2-10,12H,1H3,(H,24,27). The fourth-order valence-electron chi connectivity index (χ4n) is 2.80. The van der Waals surface area contributed by atoms with Crippen molar-refractivity contribution in [1.29, 1.82) is 0 Å². The zero-order valence-corrected chi connectivity index (χ0v) is 14.0. The van der Waals surface area contributed by atoms with E-state index in [1.54, 1.807) is 30.3 Å². The van der Waals surface area contributed by atoms with E-state index in [1.807, 2.05) is 0 Å². The number of hydrogen-bond donors (Lipinski definition) is 1. The number of alkyl halides is 5. The van der Waals surface area contributed by atoms with Crippen molar-refractivity contribution in [3.63, 3.8) is 0 Å². The molecule has 4 nitrogen and oxygen atoms in total. The number of carbonyl (C=O) groups excluding carboxylic acids is 1. The molecule has 2 aromatic rings. The van der Waals surface area contributed by atoms with E-state index in [9.17, 15) is 26.7 Å². The number of rotatable bonds is 3. The molecule has 1 aliphatic carbocycles. The second-order valence-corrected chi connectivity index (χ2v) is 6.04. The van der Waals surface area contributed by atoms with Gasteiger partial charge in [0.2, 0.25) is 0 Å². The normalized spacial score (nSPS) is 18.9. The summed E-state index contributed by atoms with van der Waals surface area (Å²) in [6.07, 6.45) is -1.53. The Labute approximate surface area is 151 Å². The molecule has 3 rings (SSSR count). The van der Waals surface area contributed by atoms with E-state index in [0.29, 0.717) is 17.7 Å². The summed E-state index contributed by atoms with van der Waals surface area (Å²) in [6, 6.07) is 8.46. The summed E-state index contributed by atoms with van der Waals surface area (Å²) in [5.74, 6) is -5.20. The van der Waals surface area contributed by atoms with Crippen molar-refractivity contribution in [1.82, 2.24) is 15.1 Å². The number of aromatic nitrogens is 2. The van der Waals surface area contributed by atoms with E-state index in [4.69, 9.17) is 0 Å². The highest BCUT2D eigenvalue weighted by Gasteiger charge is 2.39. The van der Waals surface area contributed by atoms with Crippen molar-refractivity contribution in [2.45, 2.75) is 18.0 Å². The molecule has 0 saturated heterocycles. The maximum atomic E-state index is 13.8. The molecular formula is C18H14F5N3O. The molecule has 1 unspecified atom stereocenters. The third-order valence-electron chi connectivity index (χ3n) is 3.95. The van der Waals surface area contributed by atoms with Gasteiger partial charge >= 0.3 is 6.18 Å². The van der Waals surface area contributed by atoms with Crippen LogP contribution >= 0.6 is 0 Å². The zero-order chi connectivity index (χ0) is 19.8. The average Bonchev–Trinajstić information content (AvgIpc) is 2.97. The molecule has 1 atom stereocenters. The lowest BCUT2D eigenvalue weighted by molar-refractivity contribution is -0.141. The van der Waals surface area contributed by atoms with Crippen molar-refractivity contribution in [2.24, 2.45) is 7.05 Å². The lowest BCUT2D eigenvalue weighted by atomic mass is 9.90. The first kappa shape index (κ1) is 18.8. The third kappa shape index (κ3) is 4.07. The number of halogens is 5. The zero-order valence-electron chi connectivity index (χ0n) is 14.0. The summed E-state index contributed by atoms with van der Waals surface area (Å²) in [6.45, 7) is 0. The number of nitrogens with zero attached hydrogens (tertiary/aromatic N) is 2. The summed E-state index contributed by atoms with van der Waals surface area (Å²) in [4.78, 5) is 12.4. The van der Waals surface area contributed by atoms with Crippen LogP contribution < -0.4 is 5.32 Å². The van der Waals surface area contributed by atoms with E-state index in [-0.39, 0.29) is 5.70 Å².